The van der Waals surface area contributed by atoms with Gasteiger partial charge in [-0.3, -0.25) is 9.59 Å². The first-order valence-corrected chi connectivity index (χ1v) is 9.13. The first-order valence-electron chi connectivity index (χ1n) is 9.13. The van der Waals surface area contributed by atoms with E-state index in [-0.39, 0.29) is 18.5 Å². The normalized spacial score (nSPS) is 11.8. The van der Waals surface area contributed by atoms with E-state index >= 15 is 0 Å². The molecule has 146 valence electrons. The molecule has 3 aromatic rings. The molecule has 0 atom stereocenters. The van der Waals surface area contributed by atoms with Gasteiger partial charge in [-0.05, 0) is 42.8 Å². The lowest BCUT2D eigenvalue weighted by molar-refractivity contribution is 0.101. The Morgan fingerprint density at radius 1 is 0.966 bits per heavy atom. The van der Waals surface area contributed by atoms with Gasteiger partial charge < -0.3 is 19.5 Å². The minimum atomic E-state index is -0.332. The summed E-state index contributed by atoms with van der Waals surface area (Å²) in [5.41, 5.74) is 2.26. The molecule has 1 aliphatic rings. The summed E-state index contributed by atoms with van der Waals surface area (Å²) >= 11 is 0. The van der Waals surface area contributed by atoms with Gasteiger partial charge in [-0.15, -0.1) is 0 Å². The van der Waals surface area contributed by atoms with Crippen LogP contribution in [-0.4, -0.2) is 18.5 Å². The van der Waals surface area contributed by atoms with Crippen LogP contribution < -0.4 is 19.5 Å². The molecule has 1 amide bonds. The second-order valence-electron chi connectivity index (χ2n) is 6.56. The molecule has 3 aromatic carbocycles. The molecule has 4 rings (SSSR count). The fourth-order valence-electron chi connectivity index (χ4n) is 2.97. The molecule has 0 spiro atoms. The number of Topliss-reactive ketones (excluding diaryl/α,β-unsaturated/α-hetero) is 1. The summed E-state index contributed by atoms with van der Waals surface area (Å²) in [6.45, 7) is 1.98. The third kappa shape index (κ3) is 4.21. The number of ether oxygens (including phenoxy) is 3. The van der Waals surface area contributed by atoms with Crippen LogP contribution in [0.5, 0.6) is 17.2 Å². The van der Waals surface area contributed by atoms with E-state index < -0.39 is 0 Å². The van der Waals surface area contributed by atoms with Crippen molar-refractivity contribution in [2.45, 2.75) is 13.5 Å². The van der Waals surface area contributed by atoms with Crippen LogP contribution in [0.4, 0.5) is 5.69 Å². The molecular weight excluding hydrogens is 370 g/mol. The number of carbonyl (C=O) groups is 2. The van der Waals surface area contributed by atoms with Gasteiger partial charge in [0.2, 0.25) is 6.79 Å². The average molecular weight is 389 g/mol. The molecule has 1 aliphatic heterocycles. The van der Waals surface area contributed by atoms with Crippen molar-refractivity contribution in [1.29, 1.82) is 0 Å². The lowest BCUT2D eigenvalue weighted by Gasteiger charge is -2.11. The van der Waals surface area contributed by atoms with E-state index in [0.29, 0.717) is 40.7 Å². The zero-order valence-corrected chi connectivity index (χ0v) is 15.8. The molecule has 1 heterocycles. The quantitative estimate of drug-likeness (QED) is 0.631. The second kappa shape index (κ2) is 8.06. The Kier molecular flexibility index (Phi) is 5.16. The highest BCUT2D eigenvalue weighted by Crippen LogP contribution is 2.37. The van der Waals surface area contributed by atoms with Gasteiger partial charge in [-0.25, -0.2) is 0 Å². The molecule has 29 heavy (non-hydrogen) atoms. The maximum atomic E-state index is 12.6. The van der Waals surface area contributed by atoms with Crippen molar-refractivity contribution in [3.8, 4) is 17.2 Å². The Hall–Kier alpha value is -3.80. The maximum Gasteiger partial charge on any atom is 0.255 e. The van der Waals surface area contributed by atoms with Crippen molar-refractivity contribution >= 4 is 17.4 Å². The summed E-state index contributed by atoms with van der Waals surface area (Å²) < 4.78 is 16.4. The fraction of sp³-hybridized carbons (Fsp3) is 0.130. The van der Waals surface area contributed by atoms with Gasteiger partial charge in [0.15, 0.2) is 17.3 Å². The molecule has 0 saturated carbocycles. The number of rotatable bonds is 6. The van der Waals surface area contributed by atoms with E-state index in [9.17, 15) is 9.59 Å². The van der Waals surface area contributed by atoms with Crippen molar-refractivity contribution in [3.63, 3.8) is 0 Å². The minimum Gasteiger partial charge on any atom is -0.489 e. The highest BCUT2D eigenvalue weighted by atomic mass is 16.7. The summed E-state index contributed by atoms with van der Waals surface area (Å²) in [7, 11) is 0. The first-order chi connectivity index (χ1) is 14.1. The number of hydrogen-bond acceptors (Lipinski definition) is 5. The predicted octanol–water partition coefficient (Wildman–Crippen LogP) is 4.45. The van der Waals surface area contributed by atoms with E-state index in [1.165, 1.54) is 6.92 Å². The second-order valence-corrected chi connectivity index (χ2v) is 6.56. The van der Waals surface area contributed by atoms with Crippen molar-refractivity contribution in [1.82, 2.24) is 0 Å². The number of anilines is 1. The molecule has 0 saturated heterocycles. The van der Waals surface area contributed by atoms with Crippen molar-refractivity contribution < 1.29 is 23.8 Å². The van der Waals surface area contributed by atoms with Crippen LogP contribution in [0.3, 0.4) is 0 Å². The van der Waals surface area contributed by atoms with Gasteiger partial charge in [0.25, 0.3) is 5.91 Å². The van der Waals surface area contributed by atoms with Gasteiger partial charge in [0, 0.05) is 17.2 Å². The highest BCUT2D eigenvalue weighted by molar-refractivity contribution is 6.09. The van der Waals surface area contributed by atoms with Gasteiger partial charge in [-0.1, -0.05) is 30.3 Å². The smallest absolute Gasteiger partial charge is 0.255 e. The van der Waals surface area contributed by atoms with Crippen LogP contribution in [0.25, 0.3) is 0 Å². The fourth-order valence-corrected chi connectivity index (χ4v) is 2.97. The van der Waals surface area contributed by atoms with Crippen molar-refractivity contribution in [3.05, 3.63) is 83.4 Å². The number of nitrogens with one attached hydrogen (secondary N) is 1. The van der Waals surface area contributed by atoms with E-state index in [4.69, 9.17) is 14.2 Å². The summed E-state index contributed by atoms with van der Waals surface area (Å²) in [4.78, 5) is 24.6. The first kappa shape index (κ1) is 18.6. The van der Waals surface area contributed by atoms with Gasteiger partial charge in [-0.2, -0.15) is 0 Å². The molecule has 0 radical (unpaired) electrons. The highest BCUT2D eigenvalue weighted by Gasteiger charge is 2.20. The average Bonchev–Trinajstić information content (AvgIpc) is 3.20. The molecule has 0 unspecified atom stereocenters. The van der Waals surface area contributed by atoms with E-state index in [2.05, 4.69) is 5.32 Å². The Morgan fingerprint density at radius 3 is 2.34 bits per heavy atom. The van der Waals surface area contributed by atoms with E-state index in [1.807, 2.05) is 30.3 Å². The minimum absolute atomic E-state index is 0.0918. The standard InChI is InChI=1S/C23H19NO5/c1-15(25)19-11-21-22(29-14-28-21)12-20(19)24-23(26)17-7-9-18(10-8-17)27-13-16-5-3-2-4-6-16/h2-12H,13-14H2,1H3,(H,24,26). The monoisotopic (exact) mass is 389 g/mol. The zero-order chi connectivity index (χ0) is 20.2. The van der Waals surface area contributed by atoms with Gasteiger partial charge >= 0.3 is 0 Å². The van der Waals surface area contributed by atoms with Crippen molar-refractivity contribution in [2.24, 2.45) is 0 Å². The lowest BCUT2D eigenvalue weighted by Crippen LogP contribution is -2.14. The van der Waals surface area contributed by atoms with E-state index in [1.54, 1.807) is 36.4 Å². The summed E-state index contributed by atoms with van der Waals surface area (Å²) in [5.74, 6) is 1.14. The topological polar surface area (TPSA) is 73.9 Å². The SMILES string of the molecule is CC(=O)c1cc2c(cc1NC(=O)c1ccc(OCc3ccccc3)cc1)OCO2. The van der Waals surface area contributed by atoms with Crippen molar-refractivity contribution in [2.75, 3.05) is 12.1 Å². The molecule has 6 nitrogen and oxygen atoms in total. The Balaban J connectivity index is 1.46. The van der Waals surface area contributed by atoms with Crippen LogP contribution in [0.1, 0.15) is 33.2 Å². The van der Waals surface area contributed by atoms with Crippen LogP contribution in [0, 0.1) is 0 Å². The molecule has 0 aromatic heterocycles. The third-order valence-electron chi connectivity index (χ3n) is 4.51. The van der Waals surface area contributed by atoms with Gasteiger partial charge in [0.05, 0.1) is 5.69 Å². The summed E-state index contributed by atoms with van der Waals surface area (Å²) in [5, 5.41) is 2.78. The molecule has 1 N–H and O–H groups in total. The Labute approximate surface area is 168 Å². The van der Waals surface area contributed by atoms with E-state index in [0.717, 1.165) is 5.56 Å². The molecule has 6 heteroatoms. The predicted molar refractivity (Wildman–Crippen MR) is 108 cm³/mol. The summed E-state index contributed by atoms with van der Waals surface area (Å²) in [6.07, 6.45) is 0. The Morgan fingerprint density at radius 2 is 1.66 bits per heavy atom. The maximum absolute atomic E-state index is 12.6. The largest absolute Gasteiger partial charge is 0.489 e. The summed E-state index contributed by atoms with van der Waals surface area (Å²) in [6, 6.07) is 19.9. The molecule has 0 aliphatic carbocycles. The molecule has 0 bridgehead atoms. The van der Waals surface area contributed by atoms with Crippen LogP contribution >= 0.6 is 0 Å². The number of ketones is 1. The zero-order valence-electron chi connectivity index (χ0n) is 15.8. The number of amides is 1. The molecule has 0 fully saturated rings. The number of benzene rings is 3. The van der Waals surface area contributed by atoms with Crippen LogP contribution in [0.15, 0.2) is 66.7 Å². The Bertz CT molecular complexity index is 1040. The van der Waals surface area contributed by atoms with Crippen LogP contribution in [-0.2, 0) is 6.61 Å². The van der Waals surface area contributed by atoms with Crippen LogP contribution in [0.2, 0.25) is 0 Å². The lowest BCUT2D eigenvalue weighted by atomic mass is 10.1. The van der Waals surface area contributed by atoms with Gasteiger partial charge in [0.1, 0.15) is 12.4 Å². The third-order valence-corrected chi connectivity index (χ3v) is 4.51. The number of hydrogen-bond donors (Lipinski definition) is 1. The molecular formula is C23H19NO5. The number of fused-ring (bicyclic) bond motifs is 1. The number of carbonyl (C=O) groups excluding carboxylic acids is 2.